The fourth-order valence-electron chi connectivity index (χ4n) is 4.39. The number of likely N-dealkylation sites (tertiary alicyclic amines) is 1. The van der Waals surface area contributed by atoms with Crippen LogP contribution in [0.15, 0.2) is 12.2 Å². The van der Waals surface area contributed by atoms with Crippen LogP contribution in [0.2, 0.25) is 0 Å². The van der Waals surface area contributed by atoms with E-state index in [1.807, 2.05) is 0 Å². The summed E-state index contributed by atoms with van der Waals surface area (Å²) in [4.78, 5) is 0. The highest BCUT2D eigenvalue weighted by molar-refractivity contribution is 4.96. The Balaban J connectivity index is 1.53. The molecule has 1 aliphatic carbocycles. The molecule has 1 aliphatic heterocycles. The Morgan fingerprint density at radius 2 is 1.30 bits per heavy atom. The average Bonchev–Trinajstić information content (AvgIpc) is 2.78. The molecule has 20 heavy (non-hydrogen) atoms. The Labute approximate surface area is 127 Å². The van der Waals surface area contributed by atoms with Crippen LogP contribution in [0.25, 0.3) is 0 Å². The van der Waals surface area contributed by atoms with Gasteiger partial charge in [-0.25, -0.2) is 0 Å². The van der Waals surface area contributed by atoms with Crippen LogP contribution in [-0.4, -0.2) is 31.2 Å². The summed E-state index contributed by atoms with van der Waals surface area (Å²) in [6.07, 6.45) is 19.2. The SMILES string of the molecule is CCCCCCCCCC[N+]1(C)C[C@H]2CC=CC[C@H]2C1. The number of nitrogens with zero attached hydrogens (tertiary/aromatic N) is 1. The molecule has 1 fully saturated rings. The first-order chi connectivity index (χ1) is 9.73. The molecule has 2 rings (SSSR count). The van der Waals surface area contributed by atoms with E-state index in [0.717, 1.165) is 11.8 Å². The van der Waals surface area contributed by atoms with Crippen molar-refractivity contribution in [1.82, 2.24) is 0 Å². The molecule has 0 aromatic carbocycles. The van der Waals surface area contributed by atoms with E-state index in [4.69, 9.17) is 0 Å². The van der Waals surface area contributed by atoms with Gasteiger partial charge in [0.15, 0.2) is 0 Å². The van der Waals surface area contributed by atoms with Gasteiger partial charge in [0.05, 0.1) is 26.7 Å². The van der Waals surface area contributed by atoms with Crippen molar-refractivity contribution in [3.8, 4) is 0 Å². The molecule has 3 atom stereocenters. The second-order valence-electron chi connectivity index (χ2n) is 7.65. The van der Waals surface area contributed by atoms with Gasteiger partial charge in [-0.2, -0.15) is 0 Å². The maximum atomic E-state index is 2.51. The summed E-state index contributed by atoms with van der Waals surface area (Å²) in [5.74, 6) is 2.00. The topological polar surface area (TPSA) is 0 Å². The van der Waals surface area contributed by atoms with Crippen LogP contribution in [0.1, 0.15) is 71.1 Å². The number of rotatable bonds is 9. The van der Waals surface area contributed by atoms with Crippen LogP contribution in [0.4, 0.5) is 0 Å². The molecule has 1 unspecified atom stereocenters. The Hall–Kier alpha value is -0.300. The van der Waals surface area contributed by atoms with Crippen LogP contribution in [0.3, 0.4) is 0 Å². The van der Waals surface area contributed by atoms with Gasteiger partial charge in [-0.1, -0.05) is 57.6 Å². The van der Waals surface area contributed by atoms with Crippen molar-refractivity contribution in [2.24, 2.45) is 11.8 Å². The third kappa shape index (κ3) is 4.91. The molecule has 0 radical (unpaired) electrons. The zero-order chi connectivity index (χ0) is 14.3. The summed E-state index contributed by atoms with van der Waals surface area (Å²) in [6, 6.07) is 0. The molecule has 0 aromatic heterocycles. The van der Waals surface area contributed by atoms with Crippen LogP contribution in [0.5, 0.6) is 0 Å². The van der Waals surface area contributed by atoms with E-state index in [-0.39, 0.29) is 0 Å². The third-order valence-electron chi connectivity index (χ3n) is 5.61. The smallest absolute Gasteiger partial charge is 0.0821 e. The lowest BCUT2D eigenvalue weighted by Gasteiger charge is -2.30. The number of fused-ring (bicyclic) bond motifs is 1. The Kier molecular flexibility index (Phi) is 6.61. The summed E-state index contributed by atoms with van der Waals surface area (Å²) in [5, 5.41) is 0. The third-order valence-corrected chi connectivity index (χ3v) is 5.61. The highest BCUT2D eigenvalue weighted by Crippen LogP contribution is 2.36. The van der Waals surface area contributed by atoms with Crippen LogP contribution in [0, 0.1) is 11.8 Å². The Bertz CT molecular complexity index is 278. The predicted molar refractivity (Wildman–Crippen MR) is 88.7 cm³/mol. The van der Waals surface area contributed by atoms with Gasteiger partial charge in [0, 0.05) is 11.8 Å². The Morgan fingerprint density at radius 3 is 1.85 bits per heavy atom. The van der Waals surface area contributed by atoms with E-state index < -0.39 is 0 Å². The van der Waals surface area contributed by atoms with E-state index in [1.165, 1.54) is 88.3 Å². The standard InChI is InChI=1S/C19H36N/c1-3-4-5-6-7-8-9-12-15-20(2)16-18-13-10-11-14-19(18)17-20/h10-11,18-19H,3-9,12-17H2,1-2H3/q+1/t18-,19+,20?. The lowest BCUT2D eigenvalue weighted by atomic mass is 9.86. The summed E-state index contributed by atoms with van der Waals surface area (Å²) in [7, 11) is 2.51. The summed E-state index contributed by atoms with van der Waals surface area (Å²) < 4.78 is 1.37. The fraction of sp³-hybridized carbons (Fsp3) is 0.895. The molecule has 1 heterocycles. The molecule has 1 saturated heterocycles. The first kappa shape index (κ1) is 16.1. The van der Waals surface area contributed by atoms with Crippen LogP contribution >= 0.6 is 0 Å². The Morgan fingerprint density at radius 1 is 0.800 bits per heavy atom. The maximum absolute atomic E-state index is 2.51. The van der Waals surface area contributed by atoms with Crippen LogP contribution < -0.4 is 0 Å². The first-order valence-electron chi connectivity index (χ1n) is 9.22. The zero-order valence-electron chi connectivity index (χ0n) is 13.9. The van der Waals surface area contributed by atoms with Gasteiger partial charge in [-0.15, -0.1) is 0 Å². The van der Waals surface area contributed by atoms with Gasteiger partial charge in [0.1, 0.15) is 0 Å². The number of quaternary nitrogens is 1. The van der Waals surface area contributed by atoms with Gasteiger partial charge in [0.2, 0.25) is 0 Å². The van der Waals surface area contributed by atoms with Gasteiger partial charge in [0.25, 0.3) is 0 Å². The second kappa shape index (κ2) is 8.22. The number of unbranched alkanes of at least 4 members (excludes halogenated alkanes) is 7. The minimum absolute atomic E-state index is 0.999. The molecule has 0 spiro atoms. The minimum Gasteiger partial charge on any atom is -0.326 e. The lowest BCUT2D eigenvalue weighted by molar-refractivity contribution is -0.900. The van der Waals surface area contributed by atoms with E-state index in [9.17, 15) is 0 Å². The van der Waals surface area contributed by atoms with E-state index in [1.54, 1.807) is 0 Å². The van der Waals surface area contributed by atoms with E-state index in [2.05, 4.69) is 26.1 Å². The summed E-state index contributed by atoms with van der Waals surface area (Å²) >= 11 is 0. The molecule has 0 amide bonds. The normalized spacial score (nSPS) is 32.5. The molecule has 116 valence electrons. The van der Waals surface area contributed by atoms with Crippen molar-refractivity contribution in [3.05, 3.63) is 12.2 Å². The average molecular weight is 279 g/mol. The fourth-order valence-corrected chi connectivity index (χ4v) is 4.39. The number of hydrogen-bond donors (Lipinski definition) is 0. The molecule has 1 heteroatoms. The highest BCUT2D eigenvalue weighted by Gasteiger charge is 2.41. The van der Waals surface area contributed by atoms with E-state index >= 15 is 0 Å². The molecule has 1 nitrogen and oxygen atoms in total. The molecule has 0 saturated carbocycles. The van der Waals surface area contributed by atoms with Crippen LogP contribution in [-0.2, 0) is 0 Å². The summed E-state index contributed by atoms with van der Waals surface area (Å²) in [6.45, 7) is 6.63. The molecule has 0 bridgehead atoms. The van der Waals surface area contributed by atoms with Gasteiger partial charge < -0.3 is 4.48 Å². The van der Waals surface area contributed by atoms with Gasteiger partial charge in [-0.05, 0) is 25.7 Å². The predicted octanol–water partition coefficient (Wildman–Crippen LogP) is 5.17. The maximum Gasteiger partial charge on any atom is 0.0821 e. The van der Waals surface area contributed by atoms with Gasteiger partial charge >= 0.3 is 0 Å². The van der Waals surface area contributed by atoms with Crippen molar-refractivity contribution in [1.29, 1.82) is 0 Å². The summed E-state index contributed by atoms with van der Waals surface area (Å²) in [5.41, 5.74) is 0. The molecular weight excluding hydrogens is 242 g/mol. The van der Waals surface area contributed by atoms with Crippen molar-refractivity contribution < 1.29 is 4.48 Å². The van der Waals surface area contributed by atoms with Crippen molar-refractivity contribution in [2.75, 3.05) is 26.7 Å². The second-order valence-corrected chi connectivity index (χ2v) is 7.65. The minimum atomic E-state index is 0.999. The monoisotopic (exact) mass is 278 g/mol. The van der Waals surface area contributed by atoms with Gasteiger partial charge in [-0.3, -0.25) is 0 Å². The lowest BCUT2D eigenvalue weighted by Crippen LogP contribution is -2.42. The largest absolute Gasteiger partial charge is 0.326 e. The number of allylic oxidation sites excluding steroid dienone is 2. The van der Waals surface area contributed by atoms with Crippen molar-refractivity contribution >= 4 is 0 Å². The number of hydrogen-bond acceptors (Lipinski definition) is 0. The first-order valence-corrected chi connectivity index (χ1v) is 9.22. The highest BCUT2D eigenvalue weighted by atomic mass is 15.3. The van der Waals surface area contributed by atoms with E-state index in [0.29, 0.717) is 0 Å². The molecule has 0 N–H and O–H groups in total. The molecule has 2 aliphatic rings. The van der Waals surface area contributed by atoms with Crippen molar-refractivity contribution in [3.63, 3.8) is 0 Å². The molecule has 0 aromatic rings. The van der Waals surface area contributed by atoms with Crippen molar-refractivity contribution in [2.45, 2.75) is 71.1 Å². The zero-order valence-corrected chi connectivity index (χ0v) is 13.9. The molecular formula is C19H36N+. The quantitative estimate of drug-likeness (QED) is 0.310.